The first-order chi connectivity index (χ1) is 14.1. The number of carbonyl (C=O) groups excluding carboxylic acids is 1. The van der Waals surface area contributed by atoms with Gasteiger partial charge in [0, 0.05) is 6.54 Å². The molecule has 0 unspecified atom stereocenters. The summed E-state index contributed by atoms with van der Waals surface area (Å²) in [6.07, 6.45) is 0. The minimum Gasteiger partial charge on any atom is -0.493 e. The number of carbonyl (C=O) groups is 1. The van der Waals surface area contributed by atoms with Crippen molar-refractivity contribution < 1.29 is 18.7 Å². The van der Waals surface area contributed by atoms with Gasteiger partial charge in [0.2, 0.25) is 5.91 Å². The van der Waals surface area contributed by atoms with Crippen LogP contribution in [0.3, 0.4) is 0 Å². The number of hydrogen-bond acceptors (Lipinski definition) is 6. The fourth-order valence-electron chi connectivity index (χ4n) is 2.61. The maximum atomic E-state index is 13.6. The van der Waals surface area contributed by atoms with Crippen molar-refractivity contribution in [2.24, 2.45) is 0 Å². The van der Waals surface area contributed by atoms with Crippen molar-refractivity contribution in [1.29, 1.82) is 0 Å². The minimum atomic E-state index is -0.474. The number of ether oxygens (including phenoxy) is 2. The van der Waals surface area contributed by atoms with Crippen LogP contribution in [-0.2, 0) is 17.9 Å². The molecule has 0 aliphatic rings. The maximum absolute atomic E-state index is 13.6. The molecule has 0 aliphatic carbocycles. The van der Waals surface area contributed by atoms with Gasteiger partial charge in [0.05, 0.1) is 18.6 Å². The zero-order chi connectivity index (χ0) is 20.6. The quantitative estimate of drug-likeness (QED) is 0.535. The molecule has 7 nitrogen and oxygen atoms in total. The average Bonchev–Trinajstić information content (AvgIpc) is 3.14. The van der Waals surface area contributed by atoms with Crippen LogP contribution in [0.4, 0.5) is 10.1 Å². The van der Waals surface area contributed by atoms with Crippen LogP contribution in [0.2, 0.25) is 0 Å². The molecular weight excluding hydrogens is 395 g/mol. The fourth-order valence-corrected chi connectivity index (χ4v) is 3.43. The zero-order valence-corrected chi connectivity index (χ0v) is 16.9. The molecule has 0 bridgehead atoms. The van der Waals surface area contributed by atoms with Gasteiger partial charge < -0.3 is 19.4 Å². The van der Waals surface area contributed by atoms with Crippen molar-refractivity contribution >= 4 is 23.4 Å². The van der Waals surface area contributed by atoms with Gasteiger partial charge in [-0.15, -0.1) is 10.2 Å². The van der Waals surface area contributed by atoms with Gasteiger partial charge >= 0.3 is 0 Å². The van der Waals surface area contributed by atoms with Crippen LogP contribution in [0.25, 0.3) is 0 Å². The monoisotopic (exact) mass is 416 g/mol. The third-order valence-corrected chi connectivity index (χ3v) is 4.98. The number of thioether (sulfide) groups is 1. The summed E-state index contributed by atoms with van der Waals surface area (Å²) in [6, 6.07) is 13.4. The molecule has 1 aromatic heterocycles. The Balaban J connectivity index is 1.60. The van der Waals surface area contributed by atoms with E-state index in [0.717, 1.165) is 0 Å². The Hall–Kier alpha value is -3.07. The second-order valence-corrected chi connectivity index (χ2v) is 6.84. The molecule has 0 aliphatic heterocycles. The van der Waals surface area contributed by atoms with E-state index in [-0.39, 0.29) is 24.0 Å². The largest absolute Gasteiger partial charge is 0.493 e. The number of amides is 1. The molecule has 0 radical (unpaired) electrons. The molecule has 0 spiro atoms. The lowest BCUT2D eigenvalue weighted by molar-refractivity contribution is -0.113. The Morgan fingerprint density at radius 1 is 1.14 bits per heavy atom. The highest BCUT2D eigenvalue weighted by atomic mass is 32.2. The van der Waals surface area contributed by atoms with Gasteiger partial charge in [0.25, 0.3) is 0 Å². The van der Waals surface area contributed by atoms with Gasteiger partial charge in [0.15, 0.2) is 22.5 Å². The van der Waals surface area contributed by atoms with Gasteiger partial charge in [0.1, 0.15) is 12.4 Å². The number of rotatable bonds is 9. The predicted octanol–water partition coefficient (Wildman–Crippen LogP) is 3.76. The number of hydrogen-bond donors (Lipinski definition) is 1. The number of aromatic nitrogens is 3. The van der Waals surface area contributed by atoms with Crippen LogP contribution in [0, 0.1) is 5.82 Å². The zero-order valence-electron chi connectivity index (χ0n) is 16.1. The molecule has 0 saturated carbocycles. The van der Waals surface area contributed by atoms with E-state index in [4.69, 9.17) is 9.47 Å². The first-order valence-corrected chi connectivity index (χ1v) is 9.96. The lowest BCUT2D eigenvalue weighted by Crippen LogP contribution is -2.15. The maximum Gasteiger partial charge on any atom is 0.234 e. The fraction of sp³-hybridized carbons (Fsp3) is 0.250. The number of nitrogens with zero attached hydrogens (tertiary/aromatic N) is 3. The molecule has 3 rings (SSSR count). The second kappa shape index (κ2) is 9.92. The average molecular weight is 416 g/mol. The van der Waals surface area contributed by atoms with Crippen LogP contribution >= 0.6 is 11.8 Å². The Labute approximate surface area is 172 Å². The van der Waals surface area contributed by atoms with Crippen LogP contribution in [0.1, 0.15) is 12.7 Å². The van der Waals surface area contributed by atoms with E-state index >= 15 is 0 Å². The van der Waals surface area contributed by atoms with Crippen molar-refractivity contribution in [3.63, 3.8) is 0 Å². The molecule has 1 heterocycles. The molecule has 2 aromatic carbocycles. The van der Waals surface area contributed by atoms with E-state index in [9.17, 15) is 9.18 Å². The molecule has 0 atom stereocenters. The summed E-state index contributed by atoms with van der Waals surface area (Å²) >= 11 is 1.23. The highest BCUT2D eigenvalue weighted by Gasteiger charge is 2.15. The standard InChI is InChI=1S/C20H21FN4O3S/c1-3-25-18(12-28-17-11-7-6-10-16(17)27-2)23-24-20(25)29-13-19(26)22-15-9-5-4-8-14(15)21/h4-11H,3,12-13H2,1-2H3,(H,22,26). The summed E-state index contributed by atoms with van der Waals surface area (Å²) in [5, 5.41) is 11.5. The third-order valence-electron chi connectivity index (χ3n) is 4.02. The highest BCUT2D eigenvalue weighted by molar-refractivity contribution is 7.99. The summed E-state index contributed by atoms with van der Waals surface area (Å²) in [5.41, 5.74) is 0.154. The van der Waals surface area contributed by atoms with Crippen molar-refractivity contribution in [2.45, 2.75) is 25.2 Å². The number of methoxy groups -OCH3 is 1. The summed E-state index contributed by atoms with van der Waals surface area (Å²) < 4.78 is 26.6. The summed E-state index contributed by atoms with van der Waals surface area (Å²) in [6.45, 7) is 2.79. The highest BCUT2D eigenvalue weighted by Crippen LogP contribution is 2.27. The lowest BCUT2D eigenvalue weighted by atomic mass is 10.3. The normalized spacial score (nSPS) is 10.6. The van der Waals surface area contributed by atoms with E-state index < -0.39 is 5.82 Å². The van der Waals surface area contributed by atoms with E-state index in [1.54, 1.807) is 19.2 Å². The minimum absolute atomic E-state index is 0.0832. The van der Waals surface area contributed by atoms with Crippen LogP contribution in [-0.4, -0.2) is 33.5 Å². The van der Waals surface area contributed by atoms with Gasteiger partial charge in [-0.3, -0.25) is 4.79 Å². The first kappa shape index (κ1) is 20.7. The molecule has 1 amide bonds. The molecule has 0 saturated heterocycles. The lowest BCUT2D eigenvalue weighted by Gasteiger charge is -2.11. The van der Waals surface area contributed by atoms with Crippen LogP contribution < -0.4 is 14.8 Å². The van der Waals surface area contributed by atoms with Crippen molar-refractivity contribution in [3.05, 3.63) is 60.2 Å². The predicted molar refractivity (Wildman–Crippen MR) is 109 cm³/mol. The van der Waals surface area contributed by atoms with Crippen LogP contribution in [0.5, 0.6) is 11.5 Å². The van der Waals surface area contributed by atoms with Crippen LogP contribution in [0.15, 0.2) is 53.7 Å². The smallest absolute Gasteiger partial charge is 0.234 e. The van der Waals surface area contributed by atoms with E-state index in [1.807, 2.05) is 35.8 Å². The van der Waals surface area contributed by atoms with Crippen molar-refractivity contribution in [3.8, 4) is 11.5 Å². The number of halogens is 1. The van der Waals surface area contributed by atoms with Gasteiger partial charge in [-0.25, -0.2) is 4.39 Å². The molecule has 0 fully saturated rings. The molecule has 1 N–H and O–H groups in total. The molecule has 29 heavy (non-hydrogen) atoms. The van der Waals surface area contributed by atoms with Gasteiger partial charge in [-0.1, -0.05) is 36.0 Å². The number of nitrogens with one attached hydrogen (secondary N) is 1. The number of para-hydroxylation sites is 3. The Morgan fingerprint density at radius 3 is 2.59 bits per heavy atom. The Bertz CT molecular complexity index is 980. The summed E-state index contributed by atoms with van der Waals surface area (Å²) in [5.74, 6) is 1.17. The third kappa shape index (κ3) is 5.26. The van der Waals surface area contributed by atoms with Gasteiger partial charge in [-0.05, 0) is 31.2 Å². The topological polar surface area (TPSA) is 78.3 Å². The van der Waals surface area contributed by atoms with Crippen molar-refractivity contribution in [1.82, 2.24) is 14.8 Å². The number of benzene rings is 2. The van der Waals surface area contributed by atoms with E-state index in [2.05, 4.69) is 15.5 Å². The van der Waals surface area contributed by atoms with Gasteiger partial charge in [-0.2, -0.15) is 0 Å². The Morgan fingerprint density at radius 2 is 1.86 bits per heavy atom. The van der Waals surface area contributed by atoms with Crippen molar-refractivity contribution in [2.75, 3.05) is 18.2 Å². The molecular formula is C20H21FN4O3S. The van der Waals surface area contributed by atoms with E-state index in [0.29, 0.717) is 29.0 Å². The molecule has 9 heteroatoms. The molecule has 152 valence electrons. The summed E-state index contributed by atoms with van der Waals surface area (Å²) in [7, 11) is 1.58. The number of anilines is 1. The second-order valence-electron chi connectivity index (χ2n) is 5.90. The first-order valence-electron chi connectivity index (χ1n) is 8.97. The van der Waals surface area contributed by atoms with E-state index in [1.165, 1.54) is 23.9 Å². The summed E-state index contributed by atoms with van der Waals surface area (Å²) in [4.78, 5) is 12.1. The Kier molecular flexibility index (Phi) is 7.07. The molecule has 3 aromatic rings. The SMILES string of the molecule is CCn1c(COc2ccccc2OC)nnc1SCC(=O)Nc1ccccc1F.